The predicted molar refractivity (Wildman–Crippen MR) is 104 cm³/mol. The highest BCUT2D eigenvalue weighted by atomic mass is 14.7. The molecule has 0 saturated carbocycles. The molecule has 0 spiro atoms. The van der Waals surface area contributed by atoms with Crippen molar-refractivity contribution in [1.29, 1.82) is 0 Å². The van der Waals surface area contributed by atoms with E-state index < -0.39 is 0 Å². The molecule has 1 aromatic heterocycles. The van der Waals surface area contributed by atoms with Gasteiger partial charge in [-0.1, -0.05) is 57.9 Å². The molecule has 0 saturated heterocycles. The molecule has 0 amide bonds. The van der Waals surface area contributed by atoms with Crippen LogP contribution >= 0.6 is 0 Å². The molecule has 0 bridgehead atoms. The second kappa shape index (κ2) is 9.57. The Morgan fingerprint density at radius 1 is 1.22 bits per heavy atom. The van der Waals surface area contributed by atoms with Gasteiger partial charge in [0.05, 0.1) is 0 Å². The third kappa shape index (κ3) is 5.87. The highest BCUT2D eigenvalue weighted by molar-refractivity contribution is 5.84. The molecule has 1 aromatic carbocycles. The number of fused-ring (bicyclic) bond motifs is 1. The van der Waals surface area contributed by atoms with E-state index in [1.807, 2.05) is 0 Å². The molecule has 2 aromatic rings. The van der Waals surface area contributed by atoms with Crippen LogP contribution in [0.3, 0.4) is 0 Å². The quantitative estimate of drug-likeness (QED) is 0.651. The Kier molecular flexibility index (Phi) is 8.11. The lowest BCUT2D eigenvalue weighted by molar-refractivity contribution is 0.558. The van der Waals surface area contributed by atoms with Gasteiger partial charge in [-0.3, -0.25) is 0 Å². The SMILES string of the molecule is C=C(C)CC(C)CC.CC(C)c1[nH]c2ccccc2c1CCN. The first-order valence-electron chi connectivity index (χ1n) is 8.84. The maximum absolute atomic E-state index is 5.67. The number of aromatic nitrogens is 1. The zero-order chi connectivity index (χ0) is 17.4. The normalized spacial score (nSPS) is 12.1. The molecule has 2 heteroatoms. The molecule has 23 heavy (non-hydrogen) atoms. The van der Waals surface area contributed by atoms with Crippen molar-refractivity contribution in [2.24, 2.45) is 11.7 Å². The number of hydrogen-bond acceptors (Lipinski definition) is 1. The fourth-order valence-corrected chi connectivity index (χ4v) is 2.87. The summed E-state index contributed by atoms with van der Waals surface area (Å²) >= 11 is 0. The Balaban J connectivity index is 0.000000284. The number of nitrogens with one attached hydrogen (secondary N) is 1. The topological polar surface area (TPSA) is 41.8 Å². The first-order chi connectivity index (χ1) is 10.9. The molecule has 0 aliphatic heterocycles. The average Bonchev–Trinajstić information content (AvgIpc) is 2.87. The van der Waals surface area contributed by atoms with E-state index in [2.05, 4.69) is 70.4 Å². The Morgan fingerprint density at radius 3 is 2.35 bits per heavy atom. The van der Waals surface area contributed by atoms with E-state index in [-0.39, 0.29) is 0 Å². The minimum Gasteiger partial charge on any atom is -0.358 e. The molecule has 1 unspecified atom stereocenters. The van der Waals surface area contributed by atoms with E-state index in [1.54, 1.807) is 0 Å². The van der Waals surface area contributed by atoms with Crippen LogP contribution in [-0.2, 0) is 6.42 Å². The van der Waals surface area contributed by atoms with Gasteiger partial charge < -0.3 is 10.7 Å². The van der Waals surface area contributed by atoms with Crippen molar-refractivity contribution >= 4 is 10.9 Å². The first kappa shape index (κ1) is 19.5. The molecular weight excluding hydrogens is 280 g/mol. The molecule has 128 valence electrons. The molecule has 0 radical (unpaired) electrons. The molecular formula is C21H34N2. The summed E-state index contributed by atoms with van der Waals surface area (Å²) in [6.45, 7) is 15.5. The van der Waals surface area contributed by atoms with Crippen LogP contribution in [-0.4, -0.2) is 11.5 Å². The van der Waals surface area contributed by atoms with Crippen LogP contribution < -0.4 is 5.73 Å². The number of allylic oxidation sites excluding steroid dienone is 1. The van der Waals surface area contributed by atoms with E-state index >= 15 is 0 Å². The van der Waals surface area contributed by atoms with Gasteiger partial charge in [0.2, 0.25) is 0 Å². The summed E-state index contributed by atoms with van der Waals surface area (Å²) in [6, 6.07) is 8.44. The van der Waals surface area contributed by atoms with Gasteiger partial charge in [0.15, 0.2) is 0 Å². The fourth-order valence-electron chi connectivity index (χ4n) is 2.87. The Hall–Kier alpha value is -1.54. The number of para-hydroxylation sites is 1. The minimum atomic E-state index is 0.527. The van der Waals surface area contributed by atoms with E-state index in [0.717, 1.165) is 12.3 Å². The molecule has 1 atom stereocenters. The van der Waals surface area contributed by atoms with Crippen molar-refractivity contribution in [3.05, 3.63) is 47.7 Å². The van der Waals surface area contributed by atoms with E-state index in [0.29, 0.717) is 12.5 Å². The lowest BCUT2D eigenvalue weighted by Gasteiger charge is -2.06. The van der Waals surface area contributed by atoms with Crippen molar-refractivity contribution in [2.45, 2.75) is 59.8 Å². The van der Waals surface area contributed by atoms with Crippen molar-refractivity contribution in [2.75, 3.05) is 6.54 Å². The van der Waals surface area contributed by atoms with Gasteiger partial charge in [-0.15, -0.1) is 6.58 Å². The number of H-pyrrole nitrogens is 1. The van der Waals surface area contributed by atoms with Gasteiger partial charge in [0, 0.05) is 16.6 Å². The van der Waals surface area contributed by atoms with Crippen LogP contribution in [0.15, 0.2) is 36.4 Å². The van der Waals surface area contributed by atoms with Crippen LogP contribution in [0.4, 0.5) is 0 Å². The van der Waals surface area contributed by atoms with Crippen LogP contribution in [0, 0.1) is 5.92 Å². The van der Waals surface area contributed by atoms with Crippen LogP contribution in [0.5, 0.6) is 0 Å². The van der Waals surface area contributed by atoms with Crippen LogP contribution in [0.2, 0.25) is 0 Å². The average molecular weight is 315 g/mol. The van der Waals surface area contributed by atoms with Crippen molar-refractivity contribution in [1.82, 2.24) is 4.98 Å². The van der Waals surface area contributed by atoms with E-state index in [1.165, 1.54) is 40.6 Å². The monoisotopic (exact) mass is 314 g/mol. The molecule has 0 aliphatic carbocycles. The third-order valence-corrected chi connectivity index (χ3v) is 4.21. The number of benzene rings is 1. The molecule has 2 rings (SSSR count). The van der Waals surface area contributed by atoms with Crippen molar-refractivity contribution in [3.63, 3.8) is 0 Å². The summed E-state index contributed by atoms with van der Waals surface area (Å²) in [6.07, 6.45) is 3.42. The van der Waals surface area contributed by atoms with Gasteiger partial charge in [0.1, 0.15) is 0 Å². The van der Waals surface area contributed by atoms with E-state index in [9.17, 15) is 0 Å². The smallest absolute Gasteiger partial charge is 0.0459 e. The zero-order valence-electron chi connectivity index (χ0n) is 15.6. The molecule has 3 N–H and O–H groups in total. The van der Waals surface area contributed by atoms with Crippen LogP contribution in [0.25, 0.3) is 10.9 Å². The summed E-state index contributed by atoms with van der Waals surface area (Å²) < 4.78 is 0. The number of rotatable bonds is 6. The summed E-state index contributed by atoms with van der Waals surface area (Å²) in [5.41, 5.74) is 10.9. The largest absolute Gasteiger partial charge is 0.358 e. The lowest BCUT2D eigenvalue weighted by Crippen LogP contribution is -2.05. The third-order valence-electron chi connectivity index (χ3n) is 4.21. The second-order valence-electron chi connectivity index (χ2n) is 6.93. The zero-order valence-corrected chi connectivity index (χ0v) is 15.6. The summed E-state index contributed by atoms with van der Waals surface area (Å²) in [5.74, 6) is 1.35. The van der Waals surface area contributed by atoms with Gasteiger partial charge in [-0.05, 0) is 49.8 Å². The summed E-state index contributed by atoms with van der Waals surface area (Å²) in [4.78, 5) is 3.49. The van der Waals surface area contributed by atoms with E-state index in [4.69, 9.17) is 5.73 Å². The lowest BCUT2D eigenvalue weighted by atomic mass is 10.0. The van der Waals surface area contributed by atoms with Gasteiger partial charge >= 0.3 is 0 Å². The van der Waals surface area contributed by atoms with Gasteiger partial charge in [-0.25, -0.2) is 0 Å². The highest BCUT2D eigenvalue weighted by Gasteiger charge is 2.12. The summed E-state index contributed by atoms with van der Waals surface area (Å²) in [7, 11) is 0. The van der Waals surface area contributed by atoms with Gasteiger partial charge in [-0.2, -0.15) is 0 Å². The molecule has 2 nitrogen and oxygen atoms in total. The Bertz CT molecular complexity index is 607. The second-order valence-corrected chi connectivity index (χ2v) is 6.93. The van der Waals surface area contributed by atoms with Gasteiger partial charge in [0.25, 0.3) is 0 Å². The van der Waals surface area contributed by atoms with Crippen LogP contribution in [0.1, 0.15) is 64.6 Å². The minimum absolute atomic E-state index is 0.527. The maximum atomic E-state index is 5.67. The summed E-state index contributed by atoms with van der Waals surface area (Å²) in [5, 5.41) is 1.33. The standard InChI is InChI=1S/C13H18N2.C8H16/c1-9(2)13-11(7-8-14)10-5-3-4-6-12(10)15-13;1-5-8(4)6-7(2)3/h3-6,9,15H,7-8,14H2,1-2H3;8H,2,5-6H2,1,3-4H3. The highest BCUT2D eigenvalue weighted by Crippen LogP contribution is 2.27. The molecule has 1 heterocycles. The molecule has 0 aliphatic rings. The molecule has 0 fully saturated rings. The number of nitrogens with two attached hydrogens (primary N) is 1. The van der Waals surface area contributed by atoms with Crippen molar-refractivity contribution < 1.29 is 0 Å². The Morgan fingerprint density at radius 2 is 1.87 bits per heavy atom. The number of hydrogen-bond donors (Lipinski definition) is 2. The maximum Gasteiger partial charge on any atom is 0.0459 e. The fraction of sp³-hybridized carbons (Fsp3) is 0.524. The number of aromatic amines is 1. The van der Waals surface area contributed by atoms with Crippen molar-refractivity contribution in [3.8, 4) is 0 Å². The first-order valence-corrected chi connectivity index (χ1v) is 8.84. The predicted octanol–water partition coefficient (Wildman–Crippen LogP) is 5.79. The Labute approximate surface area is 142 Å².